The Kier molecular flexibility index (Phi) is 26.5. The van der Waals surface area contributed by atoms with Crippen molar-refractivity contribution in [1.82, 2.24) is 45.6 Å². The molecule has 0 radical (unpaired) electrons. The molecule has 6 heterocycles. The molecule has 29 nitrogen and oxygen atoms in total. The van der Waals surface area contributed by atoms with Crippen LogP contribution in [0.15, 0.2) is 145 Å². The van der Waals surface area contributed by atoms with Gasteiger partial charge in [0.2, 0.25) is 29.5 Å². The van der Waals surface area contributed by atoms with Gasteiger partial charge in [-0.05, 0) is 93.8 Å². The van der Waals surface area contributed by atoms with Crippen molar-refractivity contribution in [2.24, 2.45) is 11.7 Å². The third-order valence-corrected chi connectivity index (χ3v) is 20.2. The Bertz CT molecular complexity index is 4220. The number of carbonyl (C=O) groups is 9. The first-order valence-corrected chi connectivity index (χ1v) is 36.1. The van der Waals surface area contributed by atoms with Crippen molar-refractivity contribution >= 4 is 93.6 Å². The normalized spacial score (nSPS) is 17.3. The molecule has 5 atom stereocenters. The van der Waals surface area contributed by atoms with Gasteiger partial charge in [-0.3, -0.25) is 52.7 Å². The van der Waals surface area contributed by atoms with Crippen LogP contribution in [-0.4, -0.2) is 199 Å². The van der Waals surface area contributed by atoms with Crippen LogP contribution in [0.5, 0.6) is 0 Å². The number of aromatic nitrogens is 3. The number of hydrogen-bond donors (Lipinski definition) is 7. The Morgan fingerprint density at radius 3 is 2.14 bits per heavy atom. The molecule has 8 amide bonds. The number of aromatic amines is 1. The molecular weight excluding hydrogens is 1350 g/mol. The van der Waals surface area contributed by atoms with Gasteiger partial charge in [0, 0.05) is 90.9 Å². The molecule has 10 rings (SSSR count). The van der Waals surface area contributed by atoms with E-state index < -0.39 is 103 Å². The smallest absolute Gasteiger partial charge is 0.401 e. The number of nitrogens with one attached hydrogen (secondary N) is 5. The quantitative estimate of drug-likeness (QED) is 0.0182. The van der Waals surface area contributed by atoms with Crippen LogP contribution in [0, 0.1) is 5.92 Å². The number of urea groups is 1. The van der Waals surface area contributed by atoms with Crippen molar-refractivity contribution in [3.8, 4) is 0 Å². The molecule has 0 unspecified atom stereocenters. The van der Waals surface area contributed by atoms with Crippen LogP contribution in [0.2, 0.25) is 0 Å². The minimum absolute atomic E-state index is 0.00156. The monoisotopic (exact) mass is 1430 g/mol. The maximum Gasteiger partial charge on any atom is 0.401 e. The highest BCUT2D eigenvalue weighted by molar-refractivity contribution is 7.72. The Morgan fingerprint density at radius 2 is 1.44 bits per heavy atom. The highest BCUT2D eigenvalue weighted by Crippen LogP contribution is 2.51. The summed E-state index contributed by atoms with van der Waals surface area (Å²) in [6.07, 6.45) is 6.63. The maximum atomic E-state index is 15.2. The molecule has 0 saturated carbocycles. The number of carboxylic acids is 1. The number of aliphatic carboxylic acids is 1. The number of fused-ring (bicyclic) bond motifs is 3. The molecule has 4 aromatic carbocycles. The van der Waals surface area contributed by atoms with Crippen LogP contribution in [0.25, 0.3) is 21.7 Å². The number of hydrogen-bond acceptors (Lipinski definition) is 18. The molecule has 3 aliphatic rings. The number of carboxylic acid groups (broad SMARTS) is 1. The lowest BCUT2D eigenvalue weighted by atomic mass is 9.95. The minimum Gasteiger partial charge on any atom is -0.480 e. The van der Waals surface area contributed by atoms with Crippen LogP contribution in [0.1, 0.15) is 96.8 Å². The summed E-state index contributed by atoms with van der Waals surface area (Å²) < 4.78 is 42.5. The van der Waals surface area contributed by atoms with Gasteiger partial charge in [0.15, 0.2) is 0 Å². The fraction of sp³-hybridized carbons (Fsp3) is 0.411. The van der Waals surface area contributed by atoms with E-state index in [0.29, 0.717) is 36.0 Å². The second kappa shape index (κ2) is 36.1. The van der Waals surface area contributed by atoms with E-state index in [1.54, 1.807) is 26.2 Å². The number of anilines is 2. The predicted octanol–water partition coefficient (Wildman–Crippen LogP) is 5.90. The minimum atomic E-state index is -4.21. The van der Waals surface area contributed by atoms with Crippen molar-refractivity contribution in [2.45, 2.75) is 95.5 Å². The van der Waals surface area contributed by atoms with Gasteiger partial charge in [0.05, 0.1) is 88.9 Å². The van der Waals surface area contributed by atoms with E-state index in [4.69, 9.17) is 29.0 Å². The lowest BCUT2D eigenvalue weighted by Gasteiger charge is -2.39. The number of primary amides is 1. The molecule has 3 fully saturated rings. The van der Waals surface area contributed by atoms with E-state index >= 15 is 4.79 Å². The molecular formula is C73H87N12O17P. The molecule has 546 valence electrons. The average molecular weight is 1440 g/mol. The molecule has 8 N–H and O–H groups in total. The molecule has 3 saturated heterocycles. The first-order valence-electron chi connectivity index (χ1n) is 34.6. The maximum absolute atomic E-state index is 15.2. The highest BCUT2D eigenvalue weighted by Gasteiger charge is 2.47. The van der Waals surface area contributed by atoms with E-state index in [-0.39, 0.29) is 122 Å². The topological polar surface area (TPSA) is 375 Å². The van der Waals surface area contributed by atoms with Gasteiger partial charge in [-0.15, -0.1) is 0 Å². The second-order valence-electron chi connectivity index (χ2n) is 25.2. The molecule has 3 aromatic heterocycles. The standard InChI is InChI=1S/C73H87N12O17P/c1-3-101-103(97,102-4-2)72(95)50-21-24-57-53(40-50)41-59(77-57)68(91)79-60-46-82(32-29-54-22-26-61(85(54)71(60)94)69(92)78-58(25-27-63(74)86)67(90)80-66(48-14-7-5-8-15-48)49-16-9-6-10-17-49)73(96)76-30-34-98-36-38-100-39-37-99-35-33-84(55-23-28-64(87)83(45-55)47-65(88)89)70(93)52-19-13-31-81(44-52)62-43-75-42-51-18-11-12-20-56(51)62/h5-12,14-18,20-21,23-24,28,40-43,45,52,54,58,60-61,66,77H,3-4,13,19,22,25-27,29-39,44,46-47H2,1-2H3,(H2,74,86)(H,76,96)(H,78,92)(H,79,91)(H,80,90)(H,88,89)/t52-,54+,58-,60-,61-/m0/s1. The number of H-pyrrole nitrogens is 1. The number of pyridine rings is 2. The Morgan fingerprint density at radius 1 is 0.748 bits per heavy atom. The zero-order valence-electron chi connectivity index (χ0n) is 57.5. The molecule has 0 bridgehead atoms. The lowest BCUT2D eigenvalue weighted by molar-refractivity contribution is -0.143. The van der Waals surface area contributed by atoms with Gasteiger partial charge in [0.25, 0.3) is 17.0 Å². The van der Waals surface area contributed by atoms with E-state index in [1.807, 2.05) is 84.9 Å². The van der Waals surface area contributed by atoms with Gasteiger partial charge in [0.1, 0.15) is 30.4 Å². The van der Waals surface area contributed by atoms with E-state index in [1.165, 1.54) is 57.3 Å². The summed E-state index contributed by atoms with van der Waals surface area (Å²) in [5.41, 5.74) is 7.35. The molecule has 103 heavy (non-hydrogen) atoms. The Hall–Kier alpha value is -10.2. The number of benzene rings is 4. The van der Waals surface area contributed by atoms with Gasteiger partial charge < -0.3 is 84.5 Å². The van der Waals surface area contributed by atoms with Crippen LogP contribution in [0.4, 0.5) is 16.2 Å². The molecule has 3 aliphatic heterocycles. The number of rotatable bonds is 34. The van der Waals surface area contributed by atoms with Gasteiger partial charge >= 0.3 is 19.6 Å². The second-order valence-corrected chi connectivity index (χ2v) is 27.1. The van der Waals surface area contributed by atoms with Gasteiger partial charge in [-0.1, -0.05) is 84.9 Å². The summed E-state index contributed by atoms with van der Waals surface area (Å²) in [5.74, 6) is -5.28. The van der Waals surface area contributed by atoms with Crippen molar-refractivity contribution < 1.29 is 76.1 Å². The van der Waals surface area contributed by atoms with E-state index in [9.17, 15) is 52.8 Å². The van der Waals surface area contributed by atoms with Crippen molar-refractivity contribution in [1.29, 1.82) is 0 Å². The first-order chi connectivity index (χ1) is 49.8. The number of amides is 8. The molecule has 0 spiro atoms. The zero-order valence-corrected chi connectivity index (χ0v) is 58.4. The van der Waals surface area contributed by atoms with Crippen LogP contribution >= 0.6 is 7.60 Å². The Balaban J connectivity index is 0.749. The van der Waals surface area contributed by atoms with Gasteiger partial charge in [-0.25, -0.2) is 4.79 Å². The van der Waals surface area contributed by atoms with Crippen LogP contribution < -0.4 is 42.4 Å². The van der Waals surface area contributed by atoms with Crippen molar-refractivity contribution in [2.75, 3.05) is 102 Å². The zero-order chi connectivity index (χ0) is 73.0. The highest BCUT2D eigenvalue weighted by atomic mass is 31.2. The van der Waals surface area contributed by atoms with Crippen LogP contribution in [0.3, 0.4) is 0 Å². The summed E-state index contributed by atoms with van der Waals surface area (Å²) in [7, 11) is -4.21. The Labute approximate surface area is 594 Å². The molecule has 7 aromatic rings. The molecule has 30 heteroatoms. The summed E-state index contributed by atoms with van der Waals surface area (Å²) in [6, 6.07) is 29.2. The predicted molar refractivity (Wildman–Crippen MR) is 381 cm³/mol. The number of piperidine rings is 1. The summed E-state index contributed by atoms with van der Waals surface area (Å²) in [4.78, 5) is 151. The number of ether oxygens (including phenoxy) is 3. The average Bonchev–Trinajstić information content (AvgIpc) is 1.74. The summed E-state index contributed by atoms with van der Waals surface area (Å²) >= 11 is 0. The third-order valence-electron chi connectivity index (χ3n) is 18.2. The number of carbonyl (C=O) groups excluding carboxylic acids is 8. The number of nitrogens with two attached hydrogens (primary N) is 1. The lowest BCUT2D eigenvalue weighted by Crippen LogP contribution is -2.62. The van der Waals surface area contributed by atoms with Crippen molar-refractivity contribution in [3.05, 3.63) is 173 Å². The largest absolute Gasteiger partial charge is 0.480 e. The number of nitrogens with zero attached hydrogens (tertiary/aromatic N) is 6. The first kappa shape index (κ1) is 75.5. The fourth-order valence-electron chi connectivity index (χ4n) is 13.2. The third kappa shape index (κ3) is 19.5. The molecule has 0 aliphatic carbocycles. The van der Waals surface area contributed by atoms with Crippen molar-refractivity contribution in [3.63, 3.8) is 0 Å². The van der Waals surface area contributed by atoms with Gasteiger partial charge in [-0.2, -0.15) is 0 Å². The van der Waals surface area contributed by atoms with E-state index in [2.05, 4.69) is 36.1 Å². The SMILES string of the molecule is CCOP(=O)(OCC)C(=O)c1ccc2[nH]c(C(=O)N[C@H]3CN(C(=O)NCCOCCOCCOCCN(C(=O)[C@H]4CCCN(c5cncc6ccccc56)C4)c4ccc(=O)n(CC(=O)O)c4)CC[C@H]4CC[C@@H](C(=O)N[C@@H](CCC(N)=O)C(=O)NC(c5ccccc5)c5ccccc5)N4C3=O)cc2c1. The summed E-state index contributed by atoms with van der Waals surface area (Å²) in [6.45, 7) is 4.25. The summed E-state index contributed by atoms with van der Waals surface area (Å²) in [5, 5.41) is 23.4. The fourth-order valence-corrected chi connectivity index (χ4v) is 14.7. The van der Waals surface area contributed by atoms with Crippen LogP contribution in [-0.2, 0) is 63.1 Å². The van der Waals surface area contributed by atoms with E-state index in [0.717, 1.165) is 45.1 Å².